The third-order valence-corrected chi connectivity index (χ3v) is 4.01. The Labute approximate surface area is 98.5 Å². The summed E-state index contributed by atoms with van der Waals surface area (Å²) in [6.45, 7) is 1.63. The van der Waals surface area contributed by atoms with E-state index >= 15 is 0 Å². The fourth-order valence-corrected chi connectivity index (χ4v) is 2.95. The van der Waals surface area contributed by atoms with Crippen LogP contribution in [0.15, 0.2) is 11.2 Å². The quantitative estimate of drug-likeness (QED) is 0.781. The van der Waals surface area contributed by atoms with Crippen molar-refractivity contribution in [2.45, 2.75) is 43.2 Å². The van der Waals surface area contributed by atoms with Gasteiger partial charge < -0.3 is 9.47 Å². The topological polar surface area (TPSA) is 49.2 Å². The molecule has 3 heterocycles. The van der Waals surface area contributed by atoms with Gasteiger partial charge in [-0.3, -0.25) is 0 Å². The predicted octanol–water partition coefficient (Wildman–Crippen LogP) is 1.30. The van der Waals surface area contributed by atoms with E-state index in [-0.39, 0.29) is 12.4 Å². The summed E-state index contributed by atoms with van der Waals surface area (Å²) in [6, 6.07) is 0. The molecule has 0 saturated carbocycles. The van der Waals surface area contributed by atoms with Crippen molar-refractivity contribution in [2.24, 2.45) is 0 Å². The molecule has 3 rings (SSSR count). The monoisotopic (exact) mass is 241 g/mol. The molecule has 5 nitrogen and oxygen atoms in total. The summed E-state index contributed by atoms with van der Waals surface area (Å²) in [6.07, 6.45) is 5.38. The van der Waals surface area contributed by atoms with E-state index in [1.54, 1.807) is 18.0 Å². The lowest BCUT2D eigenvalue weighted by Crippen LogP contribution is -2.34. The Morgan fingerprint density at radius 3 is 3.38 bits per heavy atom. The van der Waals surface area contributed by atoms with Gasteiger partial charge in [-0.1, -0.05) is 5.21 Å². The van der Waals surface area contributed by atoms with Crippen molar-refractivity contribution in [3.05, 3.63) is 6.20 Å². The molecule has 88 valence electrons. The summed E-state index contributed by atoms with van der Waals surface area (Å²) in [5.41, 5.74) is 0. The third kappa shape index (κ3) is 2.23. The van der Waals surface area contributed by atoms with Crippen LogP contribution in [0.1, 0.15) is 19.3 Å². The average Bonchev–Trinajstić information content (AvgIpc) is 2.77. The maximum atomic E-state index is 5.93. The molecular weight excluding hydrogens is 226 g/mol. The fraction of sp³-hybridized carbons (Fsp3) is 0.800. The molecule has 2 aliphatic rings. The van der Waals surface area contributed by atoms with Crippen molar-refractivity contribution in [1.82, 2.24) is 15.0 Å². The minimum atomic E-state index is -0.00979. The molecule has 0 spiro atoms. The second-order valence-electron chi connectivity index (χ2n) is 4.12. The summed E-state index contributed by atoms with van der Waals surface area (Å²) in [7, 11) is 0. The molecular formula is C10H15N3O2S. The van der Waals surface area contributed by atoms with E-state index in [1.807, 2.05) is 4.68 Å². The van der Waals surface area contributed by atoms with Crippen LogP contribution < -0.4 is 0 Å². The minimum Gasteiger partial charge on any atom is -0.353 e. The molecule has 0 bridgehead atoms. The summed E-state index contributed by atoms with van der Waals surface area (Å²) in [5, 5.41) is 9.04. The van der Waals surface area contributed by atoms with E-state index in [0.29, 0.717) is 0 Å². The van der Waals surface area contributed by atoms with E-state index in [1.165, 1.54) is 6.42 Å². The molecule has 0 aromatic carbocycles. The van der Waals surface area contributed by atoms with E-state index in [9.17, 15) is 0 Å². The Morgan fingerprint density at radius 2 is 2.50 bits per heavy atom. The molecule has 6 heteroatoms. The van der Waals surface area contributed by atoms with Crippen LogP contribution >= 0.6 is 11.8 Å². The lowest BCUT2D eigenvalue weighted by molar-refractivity contribution is -0.186. The van der Waals surface area contributed by atoms with Gasteiger partial charge in [-0.2, -0.15) is 0 Å². The Balaban J connectivity index is 1.57. The summed E-state index contributed by atoms with van der Waals surface area (Å²) < 4.78 is 13.4. The van der Waals surface area contributed by atoms with Gasteiger partial charge in [0.25, 0.3) is 0 Å². The molecule has 1 aromatic heterocycles. The predicted molar refractivity (Wildman–Crippen MR) is 59.2 cm³/mol. The van der Waals surface area contributed by atoms with Crippen LogP contribution in [0.5, 0.6) is 0 Å². The van der Waals surface area contributed by atoms with Crippen LogP contribution in [0.2, 0.25) is 0 Å². The van der Waals surface area contributed by atoms with Gasteiger partial charge in [-0.15, -0.1) is 16.9 Å². The molecule has 1 saturated heterocycles. The van der Waals surface area contributed by atoms with Gasteiger partial charge in [0.05, 0.1) is 18.8 Å². The van der Waals surface area contributed by atoms with Gasteiger partial charge in [0.2, 0.25) is 0 Å². The zero-order valence-electron chi connectivity index (χ0n) is 9.04. The first-order valence-electron chi connectivity index (χ1n) is 5.70. The van der Waals surface area contributed by atoms with Gasteiger partial charge in [-0.05, 0) is 19.3 Å². The average molecular weight is 241 g/mol. The largest absolute Gasteiger partial charge is 0.353 e. The van der Waals surface area contributed by atoms with E-state index in [0.717, 1.165) is 36.8 Å². The maximum absolute atomic E-state index is 5.93. The fourth-order valence-electron chi connectivity index (χ4n) is 2.03. The Kier molecular flexibility index (Phi) is 3.12. The zero-order valence-corrected chi connectivity index (χ0v) is 9.86. The van der Waals surface area contributed by atoms with Crippen LogP contribution in [-0.2, 0) is 16.0 Å². The van der Waals surface area contributed by atoms with Gasteiger partial charge in [0.15, 0.2) is 6.29 Å². The van der Waals surface area contributed by atoms with Crippen LogP contribution in [0, 0.1) is 0 Å². The first-order valence-corrected chi connectivity index (χ1v) is 6.69. The standard InChI is InChI=1S/C10H15N3O2S/c1-2-4-14-10(3-1)15-8-6-13-9(16-7-8)5-11-12-13/h5,8,10H,1-4,6-7H2. The van der Waals surface area contributed by atoms with Crippen molar-refractivity contribution < 1.29 is 9.47 Å². The number of thioether (sulfide) groups is 1. The lowest BCUT2D eigenvalue weighted by Gasteiger charge is -2.29. The molecule has 1 fully saturated rings. The van der Waals surface area contributed by atoms with E-state index in [2.05, 4.69) is 10.3 Å². The van der Waals surface area contributed by atoms with Crippen LogP contribution in [0.4, 0.5) is 0 Å². The second-order valence-corrected chi connectivity index (χ2v) is 5.16. The Bertz CT molecular complexity index is 352. The van der Waals surface area contributed by atoms with Crippen molar-refractivity contribution >= 4 is 11.8 Å². The molecule has 1 aromatic rings. The molecule has 0 radical (unpaired) electrons. The van der Waals surface area contributed by atoms with Crippen LogP contribution in [0.3, 0.4) is 0 Å². The van der Waals surface area contributed by atoms with Crippen molar-refractivity contribution in [2.75, 3.05) is 12.4 Å². The van der Waals surface area contributed by atoms with Gasteiger partial charge in [0, 0.05) is 12.4 Å². The Hall–Kier alpha value is -0.590. The van der Waals surface area contributed by atoms with Crippen molar-refractivity contribution in [1.29, 1.82) is 0 Å². The first-order chi connectivity index (χ1) is 7.92. The highest BCUT2D eigenvalue weighted by Gasteiger charge is 2.25. The Morgan fingerprint density at radius 1 is 1.50 bits per heavy atom. The lowest BCUT2D eigenvalue weighted by atomic mass is 10.2. The van der Waals surface area contributed by atoms with Gasteiger partial charge in [-0.25, -0.2) is 4.68 Å². The van der Waals surface area contributed by atoms with Crippen molar-refractivity contribution in [3.63, 3.8) is 0 Å². The van der Waals surface area contributed by atoms with Crippen LogP contribution in [0.25, 0.3) is 0 Å². The third-order valence-electron chi connectivity index (χ3n) is 2.86. The molecule has 16 heavy (non-hydrogen) atoms. The summed E-state index contributed by atoms with van der Waals surface area (Å²) >= 11 is 1.75. The normalized spacial score (nSPS) is 30.0. The highest BCUT2D eigenvalue weighted by atomic mass is 32.2. The summed E-state index contributed by atoms with van der Waals surface area (Å²) in [4.78, 5) is 0. The van der Waals surface area contributed by atoms with Crippen LogP contribution in [-0.4, -0.2) is 39.7 Å². The van der Waals surface area contributed by atoms with E-state index in [4.69, 9.17) is 9.47 Å². The van der Waals surface area contributed by atoms with Crippen molar-refractivity contribution in [3.8, 4) is 0 Å². The first kappa shape index (κ1) is 10.6. The maximum Gasteiger partial charge on any atom is 0.158 e. The van der Waals surface area contributed by atoms with E-state index < -0.39 is 0 Å². The number of hydrogen-bond donors (Lipinski definition) is 0. The molecule has 0 N–H and O–H groups in total. The number of nitrogens with zero attached hydrogens (tertiary/aromatic N) is 3. The number of aromatic nitrogens is 3. The molecule has 0 aliphatic carbocycles. The molecule has 2 unspecified atom stereocenters. The minimum absolute atomic E-state index is 0.00979. The summed E-state index contributed by atoms with van der Waals surface area (Å²) in [5.74, 6) is 0.966. The molecule has 2 atom stereocenters. The van der Waals surface area contributed by atoms with Gasteiger partial charge in [0.1, 0.15) is 5.03 Å². The highest BCUT2D eigenvalue weighted by molar-refractivity contribution is 7.99. The SMILES string of the molecule is c1nnn2c1SCC(OC1CCCCO1)C2. The molecule has 2 aliphatic heterocycles. The highest BCUT2D eigenvalue weighted by Crippen LogP contribution is 2.26. The van der Waals surface area contributed by atoms with Gasteiger partial charge >= 0.3 is 0 Å². The number of hydrogen-bond acceptors (Lipinski definition) is 5. The number of ether oxygens (including phenoxy) is 2. The number of fused-ring (bicyclic) bond motifs is 1. The smallest absolute Gasteiger partial charge is 0.158 e. The second kappa shape index (κ2) is 4.73. The zero-order chi connectivity index (χ0) is 10.8. The molecule has 0 amide bonds. The number of rotatable bonds is 2.